The Balaban J connectivity index is 1.68. The standard InChI is InChI=1S/C39H48O12/c1-6-31(40)32(41)22-23-39(3,27-50-35(42)7-2)38(45)49-25-13-11-9-8-10-12-24-48-30-18-16-29(17-19-30)37(44)51-33-20-14-28(26-34(33)46-4)15-21-36(43)47-5/h6-7,14-21,26,32,41H,1-2,8-13,22-25,27H2,3-5H3/b21-15+/t32-,39?/m0/s1. The number of hydrogen-bond donors (Lipinski definition) is 1. The smallest absolute Gasteiger partial charge is 0.343 e. The van der Waals surface area contributed by atoms with Crippen molar-refractivity contribution in [1.29, 1.82) is 0 Å². The quantitative estimate of drug-likeness (QED) is 0.0446. The van der Waals surface area contributed by atoms with Crippen LogP contribution in [0.3, 0.4) is 0 Å². The minimum Gasteiger partial charge on any atom is -0.494 e. The molecule has 12 nitrogen and oxygen atoms in total. The van der Waals surface area contributed by atoms with Crippen LogP contribution < -0.4 is 14.2 Å². The number of hydrogen-bond acceptors (Lipinski definition) is 12. The number of aliphatic hydroxyl groups excluding tert-OH is 1. The molecular formula is C39H48O12. The van der Waals surface area contributed by atoms with Crippen LogP contribution in [-0.2, 0) is 33.4 Å². The molecular weight excluding hydrogens is 660 g/mol. The number of ketones is 1. The van der Waals surface area contributed by atoms with Crippen LogP contribution in [0, 0.1) is 5.41 Å². The van der Waals surface area contributed by atoms with Crippen molar-refractivity contribution in [2.45, 2.75) is 64.4 Å². The number of aliphatic hydroxyl groups is 1. The summed E-state index contributed by atoms with van der Waals surface area (Å²) in [4.78, 5) is 60.1. The second-order valence-electron chi connectivity index (χ2n) is 11.8. The van der Waals surface area contributed by atoms with Gasteiger partial charge in [-0.15, -0.1) is 0 Å². The minimum absolute atomic E-state index is 0.0148. The predicted octanol–water partition coefficient (Wildman–Crippen LogP) is 5.99. The minimum atomic E-state index is -1.31. The third-order valence-corrected chi connectivity index (χ3v) is 7.83. The molecule has 2 rings (SSSR count). The van der Waals surface area contributed by atoms with E-state index in [0.717, 1.165) is 44.3 Å². The van der Waals surface area contributed by atoms with E-state index in [0.29, 0.717) is 35.7 Å². The molecule has 12 heteroatoms. The zero-order chi connectivity index (χ0) is 37.6. The van der Waals surface area contributed by atoms with Gasteiger partial charge in [-0.05, 0) is 86.7 Å². The average molecular weight is 709 g/mol. The Kier molecular flexibility index (Phi) is 18.5. The molecule has 2 aromatic rings. The van der Waals surface area contributed by atoms with Crippen LogP contribution in [-0.4, -0.2) is 74.9 Å². The third-order valence-electron chi connectivity index (χ3n) is 7.83. The zero-order valence-electron chi connectivity index (χ0n) is 29.6. The van der Waals surface area contributed by atoms with Gasteiger partial charge in [0.2, 0.25) is 0 Å². The van der Waals surface area contributed by atoms with Crippen molar-refractivity contribution in [3.8, 4) is 17.2 Å². The topological polar surface area (TPSA) is 161 Å². The second-order valence-corrected chi connectivity index (χ2v) is 11.8. The Hall–Kier alpha value is -5.23. The molecule has 0 aliphatic rings. The summed E-state index contributed by atoms with van der Waals surface area (Å²) in [5, 5.41) is 9.98. The van der Waals surface area contributed by atoms with E-state index in [4.69, 9.17) is 23.7 Å². The SMILES string of the molecule is C=CC(=O)OCC(C)(CC[C@H](O)C(=O)C=C)C(=O)OCCCCCCCCOc1ccc(C(=O)Oc2ccc(/C=C/C(=O)OC)cc2OC)cc1. The molecule has 0 saturated carbocycles. The highest BCUT2D eigenvalue weighted by molar-refractivity contribution is 5.93. The van der Waals surface area contributed by atoms with E-state index in [1.54, 1.807) is 55.5 Å². The van der Waals surface area contributed by atoms with Crippen LogP contribution in [0.2, 0.25) is 0 Å². The van der Waals surface area contributed by atoms with Gasteiger partial charge < -0.3 is 33.5 Å². The Morgan fingerprint density at radius 1 is 0.824 bits per heavy atom. The summed E-state index contributed by atoms with van der Waals surface area (Å²) in [6.45, 7) is 8.70. The largest absolute Gasteiger partial charge is 0.494 e. The number of methoxy groups -OCH3 is 2. The van der Waals surface area contributed by atoms with Gasteiger partial charge in [0.25, 0.3) is 0 Å². The Morgan fingerprint density at radius 2 is 1.49 bits per heavy atom. The van der Waals surface area contributed by atoms with Gasteiger partial charge in [-0.25, -0.2) is 14.4 Å². The lowest BCUT2D eigenvalue weighted by Crippen LogP contribution is -2.37. The van der Waals surface area contributed by atoms with Gasteiger partial charge in [0.1, 0.15) is 18.5 Å². The van der Waals surface area contributed by atoms with Crippen LogP contribution in [0.25, 0.3) is 6.08 Å². The molecule has 0 radical (unpaired) electrons. The number of unbranched alkanes of at least 4 members (excludes halogenated alkanes) is 5. The van der Waals surface area contributed by atoms with Crippen molar-refractivity contribution < 1.29 is 57.5 Å². The molecule has 1 unspecified atom stereocenters. The second kappa shape index (κ2) is 22.5. The Morgan fingerprint density at radius 3 is 2.12 bits per heavy atom. The van der Waals surface area contributed by atoms with E-state index in [1.807, 2.05) is 0 Å². The maximum atomic E-state index is 12.9. The fourth-order valence-corrected chi connectivity index (χ4v) is 4.65. The third kappa shape index (κ3) is 15.0. The molecule has 2 atom stereocenters. The number of carbonyl (C=O) groups excluding carboxylic acids is 5. The van der Waals surface area contributed by atoms with E-state index < -0.39 is 41.2 Å². The summed E-state index contributed by atoms with van der Waals surface area (Å²) in [6.07, 6.45) is 8.80. The molecule has 0 aliphatic heterocycles. The number of benzene rings is 2. The fraction of sp³-hybridized carbons (Fsp3) is 0.410. The highest BCUT2D eigenvalue weighted by Crippen LogP contribution is 2.30. The average Bonchev–Trinajstić information content (AvgIpc) is 3.15. The number of ether oxygens (including phenoxy) is 6. The molecule has 1 N–H and O–H groups in total. The van der Waals surface area contributed by atoms with Crippen molar-refractivity contribution in [1.82, 2.24) is 0 Å². The van der Waals surface area contributed by atoms with Crippen LogP contribution in [0.1, 0.15) is 74.2 Å². The summed E-state index contributed by atoms with van der Waals surface area (Å²) in [7, 11) is 2.74. The molecule has 0 bridgehead atoms. The molecule has 0 saturated heterocycles. The molecule has 0 heterocycles. The molecule has 51 heavy (non-hydrogen) atoms. The Labute approximate surface area is 299 Å². The highest BCUT2D eigenvalue weighted by atomic mass is 16.6. The van der Waals surface area contributed by atoms with Crippen molar-refractivity contribution >= 4 is 35.7 Å². The van der Waals surface area contributed by atoms with E-state index >= 15 is 0 Å². The van der Waals surface area contributed by atoms with Crippen molar-refractivity contribution in [3.63, 3.8) is 0 Å². The lowest BCUT2D eigenvalue weighted by molar-refractivity contribution is -0.162. The lowest BCUT2D eigenvalue weighted by Gasteiger charge is -2.27. The first kappa shape index (κ1) is 41.9. The van der Waals surface area contributed by atoms with Crippen molar-refractivity contribution in [2.75, 3.05) is 34.0 Å². The summed E-state index contributed by atoms with van der Waals surface area (Å²) in [5.74, 6) is -1.68. The zero-order valence-corrected chi connectivity index (χ0v) is 29.6. The molecule has 0 aromatic heterocycles. The van der Waals surface area contributed by atoms with E-state index in [-0.39, 0.29) is 31.8 Å². The summed E-state index contributed by atoms with van der Waals surface area (Å²) < 4.78 is 31.8. The van der Waals surface area contributed by atoms with Crippen molar-refractivity contribution in [3.05, 3.63) is 85.0 Å². The molecule has 0 aliphatic carbocycles. The number of rotatable bonds is 24. The first-order valence-corrected chi connectivity index (χ1v) is 16.7. The van der Waals surface area contributed by atoms with E-state index in [2.05, 4.69) is 17.9 Å². The van der Waals surface area contributed by atoms with Crippen LogP contribution in [0.4, 0.5) is 0 Å². The highest BCUT2D eigenvalue weighted by Gasteiger charge is 2.37. The number of carbonyl (C=O) groups is 5. The van der Waals surface area contributed by atoms with Gasteiger partial charge in [0.15, 0.2) is 17.3 Å². The van der Waals surface area contributed by atoms with Gasteiger partial charge >= 0.3 is 23.9 Å². The van der Waals surface area contributed by atoms with Gasteiger partial charge in [-0.2, -0.15) is 0 Å². The molecule has 0 fully saturated rings. The van der Waals surface area contributed by atoms with Gasteiger partial charge in [-0.1, -0.05) is 44.9 Å². The monoisotopic (exact) mass is 708 g/mol. The number of esters is 4. The van der Waals surface area contributed by atoms with Crippen molar-refractivity contribution in [2.24, 2.45) is 5.41 Å². The normalized spacial score (nSPS) is 12.5. The first-order chi connectivity index (χ1) is 24.5. The summed E-state index contributed by atoms with van der Waals surface area (Å²) >= 11 is 0. The van der Waals surface area contributed by atoms with Crippen LogP contribution >= 0.6 is 0 Å². The van der Waals surface area contributed by atoms with E-state index in [9.17, 15) is 29.1 Å². The maximum Gasteiger partial charge on any atom is 0.343 e. The molecule has 2 aromatic carbocycles. The van der Waals surface area contributed by atoms with Gasteiger partial charge in [-0.3, -0.25) is 9.59 Å². The van der Waals surface area contributed by atoms with Crippen LogP contribution in [0.15, 0.2) is 73.9 Å². The van der Waals surface area contributed by atoms with Gasteiger partial charge in [0, 0.05) is 12.2 Å². The van der Waals surface area contributed by atoms with Gasteiger partial charge in [0.05, 0.1) is 38.4 Å². The predicted molar refractivity (Wildman–Crippen MR) is 189 cm³/mol. The first-order valence-electron chi connectivity index (χ1n) is 16.7. The molecule has 0 spiro atoms. The van der Waals surface area contributed by atoms with E-state index in [1.165, 1.54) is 20.3 Å². The Bertz CT molecular complexity index is 1510. The molecule has 0 amide bonds. The molecule has 276 valence electrons. The van der Waals surface area contributed by atoms with Crippen LogP contribution in [0.5, 0.6) is 17.2 Å². The maximum absolute atomic E-state index is 12.9. The summed E-state index contributed by atoms with van der Waals surface area (Å²) in [5.41, 5.74) is -0.234. The summed E-state index contributed by atoms with van der Waals surface area (Å²) in [6, 6.07) is 11.5. The fourth-order valence-electron chi connectivity index (χ4n) is 4.65. The lowest BCUT2D eigenvalue weighted by atomic mass is 9.84.